The first-order valence-electron chi connectivity index (χ1n) is 4.77. The van der Waals surface area contributed by atoms with Gasteiger partial charge in [0, 0.05) is 11.8 Å². The van der Waals surface area contributed by atoms with E-state index in [9.17, 15) is 13.2 Å². The highest BCUT2D eigenvalue weighted by molar-refractivity contribution is 7.94. The van der Waals surface area contributed by atoms with Gasteiger partial charge in [-0.3, -0.25) is 4.79 Å². The van der Waals surface area contributed by atoms with Crippen molar-refractivity contribution in [1.29, 1.82) is 0 Å². The van der Waals surface area contributed by atoms with Gasteiger partial charge in [0.2, 0.25) is 5.91 Å². The van der Waals surface area contributed by atoms with Gasteiger partial charge in [0.1, 0.15) is 0 Å². The summed E-state index contributed by atoms with van der Waals surface area (Å²) >= 11 is 0. The molecule has 0 aromatic rings. The van der Waals surface area contributed by atoms with E-state index in [4.69, 9.17) is 5.11 Å². The predicted molar refractivity (Wildman–Crippen MR) is 55.8 cm³/mol. The fraction of sp³-hybridized carbons (Fsp3) is 0.667. The third kappa shape index (κ3) is 4.44. The molecule has 5 nitrogen and oxygen atoms in total. The lowest BCUT2D eigenvalue weighted by Crippen LogP contribution is -2.35. The van der Waals surface area contributed by atoms with Crippen molar-refractivity contribution >= 4 is 15.7 Å². The molecule has 15 heavy (non-hydrogen) atoms. The van der Waals surface area contributed by atoms with Gasteiger partial charge >= 0.3 is 0 Å². The van der Waals surface area contributed by atoms with Crippen LogP contribution in [0.2, 0.25) is 0 Å². The van der Waals surface area contributed by atoms with E-state index in [1.165, 1.54) is 6.08 Å². The summed E-state index contributed by atoms with van der Waals surface area (Å²) in [6.07, 6.45) is 1.55. The lowest BCUT2D eigenvalue weighted by molar-refractivity contribution is -0.121. The van der Waals surface area contributed by atoms with Crippen molar-refractivity contribution < 1.29 is 18.3 Å². The molecular formula is C9H15NO4S. The Morgan fingerprint density at radius 1 is 1.67 bits per heavy atom. The first-order chi connectivity index (χ1) is 6.89. The highest BCUT2D eigenvalue weighted by Crippen LogP contribution is 2.08. The van der Waals surface area contributed by atoms with Gasteiger partial charge in [-0.05, 0) is 19.4 Å². The van der Waals surface area contributed by atoms with E-state index >= 15 is 0 Å². The van der Waals surface area contributed by atoms with Crippen LogP contribution in [0, 0.1) is 0 Å². The maximum absolute atomic E-state index is 11.3. The van der Waals surface area contributed by atoms with E-state index < -0.39 is 22.0 Å². The van der Waals surface area contributed by atoms with E-state index in [-0.39, 0.29) is 18.1 Å². The van der Waals surface area contributed by atoms with E-state index in [1.54, 1.807) is 6.92 Å². The second-order valence-corrected chi connectivity index (χ2v) is 5.65. The van der Waals surface area contributed by atoms with Crippen LogP contribution in [-0.2, 0) is 14.6 Å². The van der Waals surface area contributed by atoms with Crippen LogP contribution in [0.1, 0.15) is 19.8 Å². The number of carbonyl (C=O) groups is 1. The summed E-state index contributed by atoms with van der Waals surface area (Å²) in [6.45, 7) is 1.60. The molecule has 1 heterocycles. The zero-order valence-electron chi connectivity index (χ0n) is 8.51. The molecule has 86 valence electrons. The summed E-state index contributed by atoms with van der Waals surface area (Å²) in [7, 11) is -3.12. The van der Waals surface area contributed by atoms with E-state index in [0.717, 1.165) is 5.41 Å². The van der Waals surface area contributed by atoms with Crippen molar-refractivity contribution in [1.82, 2.24) is 5.32 Å². The second-order valence-electron chi connectivity index (χ2n) is 3.72. The van der Waals surface area contributed by atoms with Crippen molar-refractivity contribution in [2.45, 2.75) is 31.9 Å². The predicted octanol–water partition coefficient (Wildman–Crippen LogP) is -0.426. The fourth-order valence-electron chi connectivity index (χ4n) is 1.28. The van der Waals surface area contributed by atoms with Gasteiger partial charge in [0.25, 0.3) is 0 Å². The molecule has 0 fully saturated rings. The number of aliphatic hydroxyl groups is 1. The van der Waals surface area contributed by atoms with Crippen LogP contribution >= 0.6 is 0 Å². The van der Waals surface area contributed by atoms with Crippen LogP contribution in [0.3, 0.4) is 0 Å². The lowest BCUT2D eigenvalue weighted by Gasteiger charge is -2.10. The van der Waals surface area contributed by atoms with Gasteiger partial charge in [-0.15, -0.1) is 0 Å². The van der Waals surface area contributed by atoms with Crippen LogP contribution in [0.15, 0.2) is 11.5 Å². The van der Waals surface area contributed by atoms with Gasteiger partial charge < -0.3 is 10.4 Å². The average Bonchev–Trinajstić information content (AvgIpc) is 2.42. The smallest absolute Gasteiger partial charge is 0.220 e. The van der Waals surface area contributed by atoms with Crippen LogP contribution in [0.4, 0.5) is 0 Å². The molecule has 2 unspecified atom stereocenters. The Hall–Kier alpha value is -0.880. The molecule has 1 aliphatic rings. The Kier molecular flexibility index (Phi) is 3.87. The van der Waals surface area contributed by atoms with Gasteiger partial charge in [-0.25, -0.2) is 8.42 Å². The topological polar surface area (TPSA) is 83.5 Å². The highest BCUT2D eigenvalue weighted by Gasteiger charge is 2.22. The SMILES string of the molecule is CC(O)CCC(=O)NC1C=CS(=O)(=O)C1. The van der Waals surface area contributed by atoms with Crippen molar-refractivity contribution in [2.75, 3.05) is 5.75 Å². The van der Waals surface area contributed by atoms with Gasteiger partial charge in [-0.1, -0.05) is 0 Å². The lowest BCUT2D eigenvalue weighted by atomic mass is 10.2. The van der Waals surface area contributed by atoms with E-state index in [0.29, 0.717) is 6.42 Å². The molecule has 0 spiro atoms. The molecule has 2 atom stereocenters. The number of nitrogens with one attached hydrogen (secondary N) is 1. The van der Waals surface area contributed by atoms with Crippen molar-refractivity contribution in [3.63, 3.8) is 0 Å². The molecule has 1 rings (SSSR count). The Morgan fingerprint density at radius 3 is 2.80 bits per heavy atom. The first kappa shape index (κ1) is 12.2. The molecule has 0 aliphatic carbocycles. The number of aliphatic hydroxyl groups excluding tert-OH is 1. The first-order valence-corrected chi connectivity index (χ1v) is 6.49. The summed E-state index contributed by atoms with van der Waals surface area (Å²) in [6, 6.07) is -0.420. The summed E-state index contributed by atoms with van der Waals surface area (Å²) < 4.78 is 22.0. The van der Waals surface area contributed by atoms with Crippen LogP contribution in [0.25, 0.3) is 0 Å². The minimum absolute atomic E-state index is 0.0621. The van der Waals surface area contributed by atoms with E-state index in [1.807, 2.05) is 0 Å². The minimum Gasteiger partial charge on any atom is -0.393 e. The maximum Gasteiger partial charge on any atom is 0.220 e. The molecule has 0 aromatic carbocycles. The molecule has 0 saturated heterocycles. The minimum atomic E-state index is -3.12. The number of amides is 1. The second kappa shape index (κ2) is 4.76. The fourth-order valence-corrected chi connectivity index (χ4v) is 2.52. The highest BCUT2D eigenvalue weighted by atomic mass is 32.2. The maximum atomic E-state index is 11.3. The summed E-state index contributed by atoms with van der Waals surface area (Å²) in [5, 5.41) is 12.6. The summed E-state index contributed by atoms with van der Waals surface area (Å²) in [5.41, 5.74) is 0. The van der Waals surface area contributed by atoms with Crippen molar-refractivity contribution in [2.24, 2.45) is 0 Å². The zero-order valence-corrected chi connectivity index (χ0v) is 9.33. The number of carbonyl (C=O) groups excluding carboxylic acids is 1. The number of sulfone groups is 1. The van der Waals surface area contributed by atoms with Crippen molar-refractivity contribution in [3.8, 4) is 0 Å². The Balaban J connectivity index is 2.32. The molecule has 1 aliphatic heterocycles. The van der Waals surface area contributed by atoms with Gasteiger partial charge in [0.05, 0.1) is 17.9 Å². The average molecular weight is 233 g/mol. The van der Waals surface area contributed by atoms with Crippen LogP contribution in [0.5, 0.6) is 0 Å². The Labute approximate surface area is 89.1 Å². The number of hydrogen-bond donors (Lipinski definition) is 2. The van der Waals surface area contributed by atoms with Crippen molar-refractivity contribution in [3.05, 3.63) is 11.5 Å². The number of rotatable bonds is 4. The molecule has 0 aromatic heterocycles. The molecule has 2 N–H and O–H groups in total. The molecule has 1 amide bonds. The molecule has 6 heteroatoms. The molecule has 0 bridgehead atoms. The van der Waals surface area contributed by atoms with Crippen LogP contribution < -0.4 is 5.32 Å². The summed E-state index contributed by atoms with van der Waals surface area (Å²) in [4.78, 5) is 11.3. The van der Waals surface area contributed by atoms with E-state index in [2.05, 4.69) is 5.32 Å². The quantitative estimate of drug-likeness (QED) is 0.690. The Morgan fingerprint density at radius 2 is 2.33 bits per heavy atom. The largest absolute Gasteiger partial charge is 0.393 e. The Bertz CT molecular complexity index is 358. The molecule has 0 radical (unpaired) electrons. The van der Waals surface area contributed by atoms with Gasteiger partial charge in [0.15, 0.2) is 9.84 Å². The third-order valence-corrected chi connectivity index (χ3v) is 3.46. The molecule has 0 saturated carbocycles. The third-order valence-electron chi connectivity index (χ3n) is 2.07. The molecular weight excluding hydrogens is 218 g/mol. The zero-order chi connectivity index (χ0) is 11.5. The van der Waals surface area contributed by atoms with Crippen LogP contribution in [-0.4, -0.2) is 37.3 Å². The standard InChI is InChI=1S/C9H15NO4S/c1-7(11)2-3-9(12)10-8-4-5-15(13,14)6-8/h4-5,7-8,11H,2-3,6H2,1H3,(H,10,12). The number of hydrogen-bond acceptors (Lipinski definition) is 4. The van der Waals surface area contributed by atoms with Gasteiger partial charge in [-0.2, -0.15) is 0 Å². The summed E-state index contributed by atoms with van der Waals surface area (Å²) in [5.74, 6) is -0.296. The monoisotopic (exact) mass is 233 g/mol. The normalized spacial score (nSPS) is 25.1.